The fourth-order valence-corrected chi connectivity index (χ4v) is 2.60. The first-order valence-corrected chi connectivity index (χ1v) is 7.66. The van der Waals surface area contributed by atoms with Gasteiger partial charge in [0.2, 0.25) is 17.8 Å². The lowest BCUT2D eigenvalue weighted by Crippen LogP contribution is -2.36. The smallest absolute Gasteiger partial charge is 0.232 e. The topological polar surface area (TPSA) is 88.9 Å². The number of amides is 2. The minimum absolute atomic E-state index is 0.111. The van der Waals surface area contributed by atoms with Crippen LogP contribution in [0.3, 0.4) is 0 Å². The maximum atomic E-state index is 12.2. The maximum absolute atomic E-state index is 12.2. The van der Waals surface area contributed by atoms with Crippen LogP contribution in [0.15, 0.2) is 24.3 Å². The summed E-state index contributed by atoms with van der Waals surface area (Å²) in [5, 5.41) is 9.72. The number of nitrogens with zero attached hydrogens (tertiary/aromatic N) is 3. The lowest BCUT2D eigenvalue weighted by atomic mass is 10.0. The third-order valence-corrected chi connectivity index (χ3v) is 3.85. The van der Waals surface area contributed by atoms with Crippen LogP contribution in [0.1, 0.15) is 24.7 Å². The molecule has 1 aliphatic rings. The molecule has 0 saturated carbocycles. The first-order chi connectivity index (χ1) is 11.0. The van der Waals surface area contributed by atoms with Crippen molar-refractivity contribution >= 4 is 23.5 Å². The molecule has 1 aromatic carbocycles. The number of hydrogen-bond donors (Lipinski definition) is 2. The third kappa shape index (κ3) is 3.39. The average Bonchev–Trinajstić information content (AvgIpc) is 2.87. The van der Waals surface area contributed by atoms with E-state index in [0.29, 0.717) is 18.3 Å². The zero-order valence-electron chi connectivity index (χ0n) is 13.2. The third-order valence-electron chi connectivity index (χ3n) is 3.85. The first-order valence-electron chi connectivity index (χ1n) is 7.66. The molecule has 2 amide bonds. The molecule has 2 heterocycles. The van der Waals surface area contributed by atoms with Crippen LogP contribution in [0, 0.1) is 12.8 Å². The summed E-state index contributed by atoms with van der Waals surface area (Å²) < 4.78 is 1.63. The number of carbonyl (C=O) groups excluding carboxylic acids is 2. The fraction of sp³-hybridized carbons (Fsp3) is 0.375. The average molecular weight is 313 g/mol. The molecule has 0 fully saturated rings. The molecule has 2 aromatic rings. The number of benzene rings is 1. The van der Waals surface area contributed by atoms with Crippen molar-refractivity contribution in [1.82, 2.24) is 14.8 Å². The molecule has 0 radical (unpaired) electrons. The summed E-state index contributed by atoms with van der Waals surface area (Å²) in [6.07, 6.45) is 1.07. The molecule has 0 bridgehead atoms. The Morgan fingerprint density at radius 3 is 2.83 bits per heavy atom. The van der Waals surface area contributed by atoms with E-state index in [1.807, 2.05) is 24.3 Å². The molecule has 0 unspecified atom stereocenters. The van der Waals surface area contributed by atoms with Gasteiger partial charge >= 0.3 is 0 Å². The number of aromatic nitrogens is 3. The molecule has 3 rings (SSSR count). The number of rotatable bonds is 4. The standard InChI is InChI=1S/C16H19N5O2/c1-3-11-4-6-13(7-5-11)18-14(22)8-12-9-21-16(19-15(12)23)17-10(2)20-21/h4-7,12H,3,8-9H2,1-2H3,(H,18,22)(H,17,19,20,23)/t12-/m1/s1. The second-order valence-corrected chi connectivity index (χ2v) is 5.65. The zero-order chi connectivity index (χ0) is 16.4. The monoisotopic (exact) mass is 313 g/mol. The Hall–Kier alpha value is -2.70. The first kappa shape index (κ1) is 15.2. The van der Waals surface area contributed by atoms with Gasteiger partial charge in [0.25, 0.3) is 0 Å². The number of fused-ring (bicyclic) bond motifs is 1. The van der Waals surface area contributed by atoms with E-state index in [1.54, 1.807) is 11.6 Å². The van der Waals surface area contributed by atoms with E-state index in [0.717, 1.165) is 12.1 Å². The van der Waals surface area contributed by atoms with Crippen molar-refractivity contribution in [2.24, 2.45) is 5.92 Å². The number of anilines is 2. The molecule has 120 valence electrons. The second kappa shape index (κ2) is 6.20. The maximum Gasteiger partial charge on any atom is 0.232 e. The Kier molecular flexibility index (Phi) is 4.10. The second-order valence-electron chi connectivity index (χ2n) is 5.65. The van der Waals surface area contributed by atoms with E-state index >= 15 is 0 Å². The molecule has 0 aliphatic carbocycles. The van der Waals surface area contributed by atoms with E-state index in [1.165, 1.54) is 5.56 Å². The highest BCUT2D eigenvalue weighted by atomic mass is 16.2. The van der Waals surface area contributed by atoms with Crippen molar-refractivity contribution in [3.8, 4) is 0 Å². The molecule has 1 aromatic heterocycles. The normalized spacial score (nSPS) is 16.6. The van der Waals surface area contributed by atoms with E-state index in [4.69, 9.17) is 0 Å². The highest BCUT2D eigenvalue weighted by Gasteiger charge is 2.29. The van der Waals surface area contributed by atoms with Gasteiger partial charge in [-0.3, -0.25) is 14.9 Å². The van der Waals surface area contributed by atoms with Gasteiger partial charge in [-0.1, -0.05) is 19.1 Å². The minimum atomic E-state index is -0.446. The quantitative estimate of drug-likeness (QED) is 0.900. The van der Waals surface area contributed by atoms with Crippen LogP contribution in [0.4, 0.5) is 11.6 Å². The Morgan fingerprint density at radius 1 is 1.39 bits per heavy atom. The van der Waals surface area contributed by atoms with Crippen molar-refractivity contribution in [2.75, 3.05) is 10.6 Å². The summed E-state index contributed by atoms with van der Waals surface area (Å²) in [5.41, 5.74) is 1.95. The lowest BCUT2D eigenvalue weighted by molar-refractivity contribution is -0.125. The number of aryl methyl sites for hydroxylation is 2. The summed E-state index contributed by atoms with van der Waals surface area (Å²) >= 11 is 0. The SMILES string of the molecule is CCc1ccc(NC(=O)C[C@@H]2Cn3nc(C)nc3NC2=O)cc1. The molecule has 1 aliphatic heterocycles. The summed E-state index contributed by atoms with van der Waals surface area (Å²) in [5.74, 6) is 0.218. The highest BCUT2D eigenvalue weighted by Crippen LogP contribution is 2.20. The summed E-state index contributed by atoms with van der Waals surface area (Å²) in [6, 6.07) is 7.70. The van der Waals surface area contributed by atoms with E-state index in [9.17, 15) is 9.59 Å². The van der Waals surface area contributed by atoms with Gasteiger partial charge in [0.05, 0.1) is 12.5 Å². The molecule has 7 heteroatoms. The Balaban J connectivity index is 1.62. The number of carbonyl (C=O) groups is 2. The molecule has 7 nitrogen and oxygen atoms in total. The van der Waals surface area contributed by atoms with Crippen LogP contribution in [-0.2, 0) is 22.6 Å². The van der Waals surface area contributed by atoms with Crippen molar-refractivity contribution in [1.29, 1.82) is 0 Å². The zero-order valence-corrected chi connectivity index (χ0v) is 13.2. The Bertz CT molecular complexity index is 735. The predicted octanol–water partition coefficient (Wildman–Crippen LogP) is 1.75. The molecule has 1 atom stereocenters. The molecule has 0 spiro atoms. The van der Waals surface area contributed by atoms with Crippen molar-refractivity contribution in [3.63, 3.8) is 0 Å². The number of nitrogens with one attached hydrogen (secondary N) is 2. The Morgan fingerprint density at radius 2 is 2.13 bits per heavy atom. The van der Waals surface area contributed by atoms with Crippen LogP contribution >= 0.6 is 0 Å². The molecular formula is C16H19N5O2. The van der Waals surface area contributed by atoms with Crippen LogP contribution in [-0.4, -0.2) is 26.6 Å². The lowest BCUT2D eigenvalue weighted by Gasteiger charge is -2.21. The molecule has 0 saturated heterocycles. The number of hydrogen-bond acceptors (Lipinski definition) is 4. The molecule has 23 heavy (non-hydrogen) atoms. The van der Waals surface area contributed by atoms with Gasteiger partial charge in [-0.05, 0) is 31.0 Å². The van der Waals surface area contributed by atoms with Gasteiger partial charge < -0.3 is 5.32 Å². The van der Waals surface area contributed by atoms with Crippen LogP contribution < -0.4 is 10.6 Å². The van der Waals surface area contributed by atoms with Gasteiger partial charge in [0, 0.05) is 12.1 Å². The van der Waals surface area contributed by atoms with Crippen molar-refractivity contribution < 1.29 is 9.59 Å². The Labute approximate surface area is 134 Å². The molecule has 2 N–H and O–H groups in total. The van der Waals surface area contributed by atoms with Gasteiger partial charge in [-0.2, -0.15) is 10.1 Å². The van der Waals surface area contributed by atoms with Gasteiger partial charge in [0.1, 0.15) is 5.82 Å². The minimum Gasteiger partial charge on any atom is -0.326 e. The van der Waals surface area contributed by atoms with Crippen LogP contribution in [0.5, 0.6) is 0 Å². The van der Waals surface area contributed by atoms with Gasteiger partial charge in [0.15, 0.2) is 0 Å². The largest absolute Gasteiger partial charge is 0.326 e. The highest BCUT2D eigenvalue weighted by molar-refractivity contribution is 5.98. The van der Waals surface area contributed by atoms with Crippen LogP contribution in [0.2, 0.25) is 0 Å². The van der Waals surface area contributed by atoms with E-state index in [2.05, 4.69) is 27.6 Å². The predicted molar refractivity (Wildman–Crippen MR) is 85.9 cm³/mol. The fourth-order valence-electron chi connectivity index (χ4n) is 2.60. The summed E-state index contributed by atoms with van der Waals surface area (Å²) in [4.78, 5) is 28.3. The van der Waals surface area contributed by atoms with E-state index in [-0.39, 0.29) is 18.2 Å². The van der Waals surface area contributed by atoms with Gasteiger partial charge in [-0.15, -0.1) is 0 Å². The van der Waals surface area contributed by atoms with Crippen molar-refractivity contribution in [3.05, 3.63) is 35.7 Å². The summed E-state index contributed by atoms with van der Waals surface area (Å²) in [7, 11) is 0. The van der Waals surface area contributed by atoms with Gasteiger partial charge in [-0.25, -0.2) is 4.68 Å². The summed E-state index contributed by atoms with van der Waals surface area (Å²) in [6.45, 7) is 4.21. The van der Waals surface area contributed by atoms with Crippen LogP contribution in [0.25, 0.3) is 0 Å². The van der Waals surface area contributed by atoms with Crippen molar-refractivity contribution in [2.45, 2.75) is 33.2 Å². The molecular weight excluding hydrogens is 294 g/mol. The van der Waals surface area contributed by atoms with E-state index < -0.39 is 5.92 Å².